The van der Waals surface area contributed by atoms with Gasteiger partial charge in [-0.25, -0.2) is 0 Å². The van der Waals surface area contributed by atoms with Crippen LogP contribution in [0.4, 0.5) is 17.1 Å². The monoisotopic (exact) mass is 531 g/mol. The second kappa shape index (κ2) is 6.37. The van der Waals surface area contributed by atoms with E-state index >= 15 is 0 Å². The Hall–Kier alpha value is -4.31. The Kier molecular flexibility index (Phi) is 3.12. The van der Waals surface area contributed by atoms with E-state index in [1.165, 1.54) is 51.2 Å². The maximum absolute atomic E-state index is 2.76. The van der Waals surface area contributed by atoms with Gasteiger partial charge in [0.25, 0.3) is 0 Å². The van der Waals surface area contributed by atoms with E-state index in [1.54, 1.807) is 49.2 Å². The molecule has 0 bridgehead atoms. The Labute approximate surface area is 246 Å². The molecule has 1 aromatic rings. The van der Waals surface area contributed by atoms with Crippen LogP contribution in [0.3, 0.4) is 0 Å². The first-order valence-electron chi connectivity index (χ1n) is 15.9. The van der Waals surface area contributed by atoms with Crippen molar-refractivity contribution in [3.8, 4) is 0 Å². The van der Waals surface area contributed by atoms with Gasteiger partial charge in [0.1, 0.15) is 0 Å². The van der Waals surface area contributed by atoms with Crippen molar-refractivity contribution in [2.75, 3.05) is 14.7 Å². The SMILES string of the molecule is C1=CC2=C(C1)B1C3=C(CC=C3)N3C4=C(CC=C4)B4C5=C(CC=C5)N5C6=C(CC=C6)B6C7=C(CC=C7)N2c2c6c5c4c3c21. The van der Waals surface area contributed by atoms with E-state index in [0.29, 0.717) is 20.1 Å². The quantitative estimate of drug-likeness (QED) is 0.446. The first-order valence-corrected chi connectivity index (χ1v) is 15.9. The molecule has 0 fully saturated rings. The Morgan fingerprint density at radius 2 is 0.690 bits per heavy atom. The summed E-state index contributed by atoms with van der Waals surface area (Å²) < 4.78 is 0. The maximum Gasteiger partial charge on any atom is 0.247 e. The first-order chi connectivity index (χ1) is 20.9. The molecule has 0 atom stereocenters. The van der Waals surface area contributed by atoms with Crippen LogP contribution in [0.25, 0.3) is 0 Å². The van der Waals surface area contributed by atoms with Crippen LogP contribution in [0.1, 0.15) is 38.5 Å². The number of fused-ring (bicyclic) bond motifs is 12. The number of benzene rings is 1. The van der Waals surface area contributed by atoms with E-state index in [4.69, 9.17) is 0 Å². The molecule has 6 heterocycles. The molecule has 0 spiro atoms. The highest BCUT2D eigenvalue weighted by molar-refractivity contribution is 6.99. The van der Waals surface area contributed by atoms with Gasteiger partial charge in [-0.2, -0.15) is 0 Å². The van der Waals surface area contributed by atoms with Crippen molar-refractivity contribution in [3.63, 3.8) is 0 Å². The molecule has 1 aromatic carbocycles. The third-order valence-corrected chi connectivity index (χ3v) is 12.2. The van der Waals surface area contributed by atoms with Crippen LogP contribution < -0.4 is 31.1 Å². The number of anilines is 3. The topological polar surface area (TPSA) is 9.72 Å². The standard InChI is InChI=1S/C36H24B3N3/c1-7-19-25(13-1)40-26-14-3-9-21(26)38-22-10-4-17-29(22)42-30-18-6-12-24(30)39-23-11-5-16-28(23)41-27-15-2-8-20(27)37(19)31-34(40)32(38)36(42)33(39)35(31)41/h1-7,10-11,14-15,18H,8-9,12-13,16-17H2. The molecule has 6 aliphatic heterocycles. The van der Waals surface area contributed by atoms with Crippen LogP contribution in [0.15, 0.2) is 140 Å². The zero-order chi connectivity index (χ0) is 26.6. The molecule has 12 aliphatic rings. The molecular weight excluding hydrogens is 507 g/mol. The third-order valence-electron chi connectivity index (χ3n) is 12.2. The summed E-state index contributed by atoms with van der Waals surface area (Å²) in [6.07, 6.45) is 35.7. The summed E-state index contributed by atoms with van der Waals surface area (Å²) in [5, 5.41) is 0. The molecule has 0 aromatic heterocycles. The fourth-order valence-electron chi connectivity index (χ4n) is 11.0. The molecule has 0 unspecified atom stereocenters. The molecule has 13 rings (SSSR count). The summed E-state index contributed by atoms with van der Waals surface area (Å²) in [6, 6.07) is 0. The highest BCUT2D eigenvalue weighted by atomic mass is 15.2. The van der Waals surface area contributed by atoms with Gasteiger partial charge in [0.2, 0.25) is 20.1 Å². The van der Waals surface area contributed by atoms with Gasteiger partial charge in [-0.3, -0.25) is 0 Å². The lowest BCUT2D eigenvalue weighted by Gasteiger charge is -2.55. The lowest BCUT2D eigenvalue weighted by Crippen LogP contribution is -2.65. The molecule has 6 heteroatoms. The largest absolute Gasteiger partial charge is 0.316 e. The number of hydrogen-bond acceptors (Lipinski definition) is 3. The molecule has 0 N–H and O–H groups in total. The fraction of sp³-hybridized carbons (Fsp3) is 0.167. The van der Waals surface area contributed by atoms with Crippen molar-refractivity contribution in [3.05, 3.63) is 140 Å². The predicted molar refractivity (Wildman–Crippen MR) is 175 cm³/mol. The lowest BCUT2D eigenvalue weighted by molar-refractivity contribution is 0.992. The van der Waals surface area contributed by atoms with E-state index in [-0.39, 0.29) is 0 Å². The molecule has 0 radical (unpaired) electrons. The van der Waals surface area contributed by atoms with E-state index in [9.17, 15) is 0 Å². The van der Waals surface area contributed by atoms with Crippen molar-refractivity contribution in [2.24, 2.45) is 0 Å². The van der Waals surface area contributed by atoms with Gasteiger partial charge in [-0.05, 0) is 70.3 Å². The Morgan fingerprint density at radius 3 is 1.02 bits per heavy atom. The van der Waals surface area contributed by atoms with Gasteiger partial charge in [0.05, 0.1) is 0 Å². The van der Waals surface area contributed by atoms with Crippen LogP contribution in [-0.2, 0) is 0 Å². The minimum Gasteiger partial charge on any atom is -0.316 e. The fourth-order valence-corrected chi connectivity index (χ4v) is 11.0. The second-order valence-electron chi connectivity index (χ2n) is 13.7. The Balaban J connectivity index is 1.28. The molecule has 42 heavy (non-hydrogen) atoms. The Bertz CT molecular complexity index is 1750. The molecule has 192 valence electrons. The molecule has 6 aliphatic carbocycles. The normalized spacial score (nSPS) is 26.0. The van der Waals surface area contributed by atoms with Crippen molar-refractivity contribution in [2.45, 2.75) is 38.5 Å². The highest BCUT2D eigenvalue weighted by Gasteiger charge is 2.59. The van der Waals surface area contributed by atoms with Gasteiger partial charge in [-0.15, -0.1) is 0 Å². The van der Waals surface area contributed by atoms with Crippen LogP contribution in [-0.4, -0.2) is 20.1 Å². The van der Waals surface area contributed by atoms with E-state index in [1.807, 2.05) is 0 Å². The molecule has 3 nitrogen and oxygen atoms in total. The number of nitrogens with zero attached hydrogens (tertiary/aromatic N) is 3. The Morgan fingerprint density at radius 1 is 0.381 bits per heavy atom. The van der Waals surface area contributed by atoms with Gasteiger partial charge in [-0.1, -0.05) is 71.1 Å². The van der Waals surface area contributed by atoms with Crippen molar-refractivity contribution < 1.29 is 0 Å². The maximum atomic E-state index is 2.76. The van der Waals surface area contributed by atoms with E-state index in [0.717, 1.165) is 38.5 Å². The number of hydrogen-bond donors (Lipinski definition) is 0. The van der Waals surface area contributed by atoms with Crippen molar-refractivity contribution in [1.82, 2.24) is 0 Å². The second-order valence-corrected chi connectivity index (χ2v) is 13.7. The highest BCUT2D eigenvalue weighted by Crippen LogP contribution is 2.57. The van der Waals surface area contributed by atoms with Crippen LogP contribution in [0.2, 0.25) is 0 Å². The summed E-state index contributed by atoms with van der Waals surface area (Å²) in [5.41, 5.74) is 27.9. The number of allylic oxidation sites excluding steroid dienone is 18. The molecular formula is C36H24B3N3. The summed E-state index contributed by atoms with van der Waals surface area (Å²) in [6.45, 7) is 1.06. The smallest absolute Gasteiger partial charge is 0.247 e. The number of rotatable bonds is 0. The molecule has 0 amide bonds. The van der Waals surface area contributed by atoms with Gasteiger partial charge >= 0.3 is 0 Å². The minimum absolute atomic E-state index is 0.355. The van der Waals surface area contributed by atoms with Crippen LogP contribution >= 0.6 is 0 Å². The third kappa shape index (κ3) is 1.87. The lowest BCUT2D eigenvalue weighted by atomic mass is 9.24. The zero-order valence-corrected chi connectivity index (χ0v) is 23.2. The molecule has 0 saturated carbocycles. The van der Waals surface area contributed by atoms with Crippen molar-refractivity contribution in [1.29, 1.82) is 0 Å². The summed E-state index contributed by atoms with van der Waals surface area (Å²) in [7, 11) is 0. The average Bonchev–Trinajstić information content (AvgIpc) is 3.86. The van der Waals surface area contributed by atoms with Crippen molar-refractivity contribution >= 4 is 53.6 Å². The summed E-state index contributed by atoms with van der Waals surface area (Å²) >= 11 is 0. The predicted octanol–water partition coefficient (Wildman–Crippen LogP) is 4.81. The first kappa shape index (κ1) is 20.6. The van der Waals surface area contributed by atoms with Crippen LogP contribution in [0, 0.1) is 0 Å². The van der Waals surface area contributed by atoms with Gasteiger partial charge in [0.15, 0.2) is 0 Å². The summed E-state index contributed by atoms with van der Waals surface area (Å²) in [5.74, 6) is 0. The van der Waals surface area contributed by atoms with E-state index < -0.39 is 0 Å². The zero-order valence-electron chi connectivity index (χ0n) is 23.2. The van der Waals surface area contributed by atoms with Gasteiger partial charge < -0.3 is 14.7 Å². The van der Waals surface area contributed by atoms with Crippen LogP contribution in [0.5, 0.6) is 0 Å². The molecule has 0 saturated heterocycles. The summed E-state index contributed by atoms with van der Waals surface area (Å²) in [4.78, 5) is 8.28. The van der Waals surface area contributed by atoms with Gasteiger partial charge in [0, 0.05) is 70.5 Å². The van der Waals surface area contributed by atoms with E-state index in [2.05, 4.69) is 87.6 Å². The average molecular weight is 531 g/mol. The minimum atomic E-state index is 0.355.